The van der Waals surface area contributed by atoms with E-state index >= 15 is 0 Å². The highest BCUT2D eigenvalue weighted by Gasteiger charge is 2.29. The van der Waals surface area contributed by atoms with Crippen molar-refractivity contribution < 1.29 is 17.7 Å². The SMILES string of the molecule is Cc1noc(C)c1-c1ccc(S(=O)(=O)NC2CCCN(C(=O)C(C)C)C2)s1. The van der Waals surface area contributed by atoms with Crippen LogP contribution in [0.1, 0.15) is 38.1 Å². The molecule has 0 radical (unpaired) electrons. The standard InChI is InChI=1S/C18H25N3O4S2/c1-11(2)18(22)21-9-5-6-14(10-21)20-27(23,24)16-8-7-15(26-16)17-12(3)19-25-13(17)4/h7-8,11,14,20H,5-6,9-10H2,1-4H3. The van der Waals surface area contributed by atoms with Crippen LogP contribution < -0.4 is 4.72 Å². The number of rotatable bonds is 5. The fraction of sp³-hybridized carbons (Fsp3) is 0.556. The zero-order valence-electron chi connectivity index (χ0n) is 16.0. The van der Waals surface area contributed by atoms with E-state index in [1.165, 1.54) is 11.3 Å². The van der Waals surface area contributed by atoms with Gasteiger partial charge in [0.2, 0.25) is 15.9 Å². The average Bonchev–Trinajstić information content (AvgIpc) is 3.21. The number of nitrogens with zero attached hydrogens (tertiary/aromatic N) is 2. The minimum absolute atomic E-state index is 0.0655. The lowest BCUT2D eigenvalue weighted by Crippen LogP contribution is -2.50. The molecule has 1 amide bonds. The molecule has 1 N–H and O–H groups in total. The summed E-state index contributed by atoms with van der Waals surface area (Å²) in [6.45, 7) is 8.46. The fourth-order valence-electron chi connectivity index (χ4n) is 3.35. The smallest absolute Gasteiger partial charge is 0.250 e. The second kappa shape index (κ2) is 7.73. The Hall–Kier alpha value is -1.71. The van der Waals surface area contributed by atoms with E-state index in [2.05, 4.69) is 9.88 Å². The zero-order chi connectivity index (χ0) is 19.8. The van der Waals surface area contributed by atoms with Crippen molar-refractivity contribution in [3.63, 3.8) is 0 Å². The van der Waals surface area contributed by atoms with Crippen molar-refractivity contribution in [3.05, 3.63) is 23.6 Å². The van der Waals surface area contributed by atoms with Crippen molar-refractivity contribution in [2.24, 2.45) is 5.92 Å². The lowest BCUT2D eigenvalue weighted by molar-refractivity contribution is -0.135. The molecule has 2 aromatic heterocycles. The molecule has 148 valence electrons. The molecule has 9 heteroatoms. The number of sulfonamides is 1. The third-order valence-electron chi connectivity index (χ3n) is 4.67. The van der Waals surface area contributed by atoms with E-state index in [0.717, 1.165) is 29.0 Å². The van der Waals surface area contributed by atoms with E-state index in [0.29, 0.717) is 18.8 Å². The Balaban J connectivity index is 1.75. The highest BCUT2D eigenvalue weighted by atomic mass is 32.2. The van der Waals surface area contributed by atoms with Gasteiger partial charge in [-0.15, -0.1) is 11.3 Å². The molecule has 3 heterocycles. The normalized spacial score (nSPS) is 18.3. The summed E-state index contributed by atoms with van der Waals surface area (Å²) in [5.74, 6) is 0.646. The van der Waals surface area contributed by atoms with Gasteiger partial charge in [0.15, 0.2) is 0 Å². The summed E-state index contributed by atoms with van der Waals surface area (Å²) in [7, 11) is -3.65. The number of aromatic nitrogens is 1. The Morgan fingerprint density at radius 3 is 2.74 bits per heavy atom. The second-order valence-corrected chi connectivity index (χ2v) is 10.2. The largest absolute Gasteiger partial charge is 0.361 e. The Morgan fingerprint density at radius 1 is 1.37 bits per heavy atom. The maximum absolute atomic E-state index is 12.8. The van der Waals surface area contributed by atoms with Crippen LogP contribution in [0.5, 0.6) is 0 Å². The van der Waals surface area contributed by atoms with Crippen molar-refractivity contribution in [2.75, 3.05) is 13.1 Å². The van der Waals surface area contributed by atoms with Gasteiger partial charge in [0.05, 0.1) is 11.3 Å². The minimum Gasteiger partial charge on any atom is -0.361 e. The van der Waals surface area contributed by atoms with E-state index in [-0.39, 0.29) is 22.1 Å². The van der Waals surface area contributed by atoms with E-state index in [4.69, 9.17) is 4.52 Å². The first kappa shape index (κ1) is 20.0. The highest BCUT2D eigenvalue weighted by Crippen LogP contribution is 2.34. The summed E-state index contributed by atoms with van der Waals surface area (Å²) in [6, 6.07) is 3.12. The van der Waals surface area contributed by atoms with Gasteiger partial charge in [-0.2, -0.15) is 0 Å². The predicted molar refractivity (Wildman–Crippen MR) is 104 cm³/mol. The van der Waals surface area contributed by atoms with Gasteiger partial charge in [-0.1, -0.05) is 19.0 Å². The van der Waals surface area contributed by atoms with Gasteiger partial charge in [0.1, 0.15) is 9.97 Å². The molecule has 7 nitrogen and oxygen atoms in total. The van der Waals surface area contributed by atoms with E-state index < -0.39 is 10.0 Å². The molecule has 0 aliphatic carbocycles. The maximum Gasteiger partial charge on any atom is 0.250 e. The van der Waals surface area contributed by atoms with Gasteiger partial charge in [0, 0.05) is 29.9 Å². The van der Waals surface area contributed by atoms with Crippen LogP contribution in [-0.4, -0.2) is 43.5 Å². The van der Waals surface area contributed by atoms with Crippen LogP contribution in [0.15, 0.2) is 20.9 Å². The zero-order valence-corrected chi connectivity index (χ0v) is 17.6. The third kappa shape index (κ3) is 4.25. The molecule has 2 aromatic rings. The Morgan fingerprint density at radius 2 is 2.11 bits per heavy atom. The second-order valence-electron chi connectivity index (χ2n) is 7.22. The first-order valence-electron chi connectivity index (χ1n) is 9.03. The summed E-state index contributed by atoms with van der Waals surface area (Å²) < 4.78 is 33.8. The van der Waals surface area contributed by atoms with Crippen LogP contribution in [0, 0.1) is 19.8 Å². The lowest BCUT2D eigenvalue weighted by Gasteiger charge is -2.34. The average molecular weight is 412 g/mol. The van der Waals surface area contributed by atoms with Crippen molar-refractivity contribution >= 4 is 27.3 Å². The topological polar surface area (TPSA) is 92.5 Å². The monoisotopic (exact) mass is 411 g/mol. The number of thiophene rings is 1. The molecular weight excluding hydrogens is 386 g/mol. The summed E-state index contributed by atoms with van der Waals surface area (Å²) in [5, 5.41) is 3.93. The number of likely N-dealkylation sites (tertiary alicyclic amines) is 1. The summed E-state index contributed by atoms with van der Waals surface area (Å²) >= 11 is 1.20. The quantitative estimate of drug-likeness (QED) is 0.817. The molecule has 1 aliphatic heterocycles. The summed E-state index contributed by atoms with van der Waals surface area (Å²) in [5.41, 5.74) is 1.58. The molecule has 3 rings (SSSR count). The van der Waals surface area contributed by atoms with Crippen LogP contribution >= 0.6 is 11.3 Å². The maximum atomic E-state index is 12.8. The van der Waals surface area contributed by atoms with Crippen molar-refractivity contribution in [1.82, 2.24) is 14.8 Å². The molecule has 27 heavy (non-hydrogen) atoms. The number of hydrogen-bond donors (Lipinski definition) is 1. The molecule has 1 aliphatic rings. The number of nitrogens with one attached hydrogen (secondary N) is 1. The first-order chi connectivity index (χ1) is 12.7. The minimum atomic E-state index is -3.65. The van der Waals surface area contributed by atoms with Gasteiger partial charge in [0.25, 0.3) is 0 Å². The van der Waals surface area contributed by atoms with Gasteiger partial charge >= 0.3 is 0 Å². The summed E-state index contributed by atoms with van der Waals surface area (Å²) in [4.78, 5) is 14.8. The van der Waals surface area contributed by atoms with Crippen LogP contribution in [-0.2, 0) is 14.8 Å². The number of hydrogen-bond acceptors (Lipinski definition) is 6. The van der Waals surface area contributed by atoms with Gasteiger partial charge in [-0.05, 0) is 38.8 Å². The molecule has 0 bridgehead atoms. The molecule has 1 fully saturated rings. The number of amides is 1. The number of carbonyl (C=O) groups excluding carboxylic acids is 1. The molecule has 1 saturated heterocycles. The predicted octanol–water partition coefficient (Wildman–Crippen LogP) is 2.95. The third-order valence-corrected chi connectivity index (χ3v) is 7.79. The van der Waals surface area contributed by atoms with Gasteiger partial charge in [-0.25, -0.2) is 13.1 Å². The molecule has 1 atom stereocenters. The fourth-order valence-corrected chi connectivity index (χ4v) is 6.08. The van der Waals surface area contributed by atoms with Crippen LogP contribution in [0.3, 0.4) is 0 Å². The van der Waals surface area contributed by atoms with Gasteiger partial charge in [-0.3, -0.25) is 4.79 Å². The van der Waals surface area contributed by atoms with Crippen LogP contribution in [0.4, 0.5) is 0 Å². The molecular formula is C18H25N3O4S2. The van der Waals surface area contributed by atoms with Crippen molar-refractivity contribution in [3.8, 4) is 10.4 Å². The molecule has 1 unspecified atom stereocenters. The van der Waals surface area contributed by atoms with Gasteiger partial charge < -0.3 is 9.42 Å². The Kier molecular flexibility index (Phi) is 5.73. The highest BCUT2D eigenvalue weighted by molar-refractivity contribution is 7.91. The lowest BCUT2D eigenvalue weighted by atomic mass is 10.0. The Bertz CT molecular complexity index is 911. The van der Waals surface area contributed by atoms with E-state index in [9.17, 15) is 13.2 Å². The van der Waals surface area contributed by atoms with Crippen molar-refractivity contribution in [2.45, 2.75) is 50.8 Å². The molecule has 0 saturated carbocycles. The number of aryl methyl sites for hydroxylation is 2. The number of piperidine rings is 1. The van der Waals surface area contributed by atoms with Crippen molar-refractivity contribution in [1.29, 1.82) is 0 Å². The summed E-state index contributed by atoms with van der Waals surface area (Å²) in [6.07, 6.45) is 1.52. The van der Waals surface area contributed by atoms with E-state index in [1.54, 1.807) is 17.0 Å². The first-order valence-corrected chi connectivity index (χ1v) is 11.3. The molecule has 0 spiro atoms. The molecule has 0 aromatic carbocycles. The van der Waals surface area contributed by atoms with E-state index in [1.807, 2.05) is 27.7 Å². The number of carbonyl (C=O) groups is 1. The van der Waals surface area contributed by atoms with Crippen LogP contribution in [0.25, 0.3) is 10.4 Å². The Labute approximate surface area is 163 Å². The van der Waals surface area contributed by atoms with Crippen LogP contribution in [0.2, 0.25) is 0 Å².